The van der Waals surface area contributed by atoms with E-state index in [0.717, 1.165) is 18.1 Å². The third-order valence-electron chi connectivity index (χ3n) is 4.86. The highest BCUT2D eigenvalue weighted by atomic mass is 19.1. The zero-order chi connectivity index (χ0) is 20.9. The van der Waals surface area contributed by atoms with Crippen LogP contribution >= 0.6 is 0 Å². The highest BCUT2D eigenvalue weighted by molar-refractivity contribution is 5.91. The Morgan fingerprint density at radius 3 is 2.53 bits per heavy atom. The molecule has 0 spiro atoms. The third-order valence-corrected chi connectivity index (χ3v) is 4.86. The van der Waals surface area contributed by atoms with E-state index in [-0.39, 0.29) is 29.8 Å². The zero-order valence-electron chi connectivity index (χ0n) is 16.2. The fraction of sp³-hybridized carbons (Fsp3) is 0.227. The predicted molar refractivity (Wildman–Crippen MR) is 108 cm³/mol. The van der Waals surface area contributed by atoms with E-state index in [9.17, 15) is 14.0 Å². The van der Waals surface area contributed by atoms with Gasteiger partial charge in [-0.3, -0.25) is 9.59 Å². The number of carbonyl (C=O) groups is 1. The van der Waals surface area contributed by atoms with Crippen molar-refractivity contribution in [3.63, 3.8) is 0 Å². The molecule has 1 aliphatic heterocycles. The second kappa shape index (κ2) is 8.77. The lowest BCUT2D eigenvalue weighted by atomic mass is 10.2. The topological polar surface area (TPSA) is 75.9 Å². The van der Waals surface area contributed by atoms with Crippen molar-refractivity contribution in [1.29, 1.82) is 0 Å². The second-order valence-corrected chi connectivity index (χ2v) is 6.86. The molecule has 1 fully saturated rings. The van der Waals surface area contributed by atoms with E-state index in [1.165, 1.54) is 12.1 Å². The number of pyridine rings is 1. The smallest absolute Gasteiger partial charge is 0.289 e. The van der Waals surface area contributed by atoms with Crippen LogP contribution in [0.1, 0.15) is 16.1 Å². The minimum atomic E-state index is -0.446. The molecule has 0 atom stereocenters. The van der Waals surface area contributed by atoms with Crippen LogP contribution in [0, 0.1) is 5.82 Å². The van der Waals surface area contributed by atoms with E-state index in [4.69, 9.17) is 9.15 Å². The van der Waals surface area contributed by atoms with Gasteiger partial charge in [0.25, 0.3) is 5.91 Å². The largest absolute Gasteiger partial charge is 0.482 e. The number of aromatic nitrogens is 1. The number of rotatable bonds is 5. The van der Waals surface area contributed by atoms with Gasteiger partial charge in [0.2, 0.25) is 11.2 Å². The van der Waals surface area contributed by atoms with Crippen LogP contribution < -0.4 is 15.1 Å². The summed E-state index contributed by atoms with van der Waals surface area (Å²) in [5.41, 5.74) is 0.264. The average molecular weight is 409 g/mol. The molecule has 0 saturated carbocycles. The molecule has 0 N–H and O–H groups in total. The number of nitrogens with zero attached hydrogens (tertiary/aromatic N) is 3. The number of ether oxygens (including phenoxy) is 1. The molecule has 7 nitrogen and oxygen atoms in total. The maximum Gasteiger partial charge on any atom is 0.289 e. The molecule has 0 aliphatic carbocycles. The summed E-state index contributed by atoms with van der Waals surface area (Å²) in [6.07, 6.45) is 2.88. The number of benzene rings is 1. The summed E-state index contributed by atoms with van der Waals surface area (Å²) in [5.74, 6) is 0.162. The van der Waals surface area contributed by atoms with Crippen molar-refractivity contribution in [2.45, 2.75) is 6.61 Å². The lowest BCUT2D eigenvalue weighted by Crippen LogP contribution is -2.49. The normalized spacial score (nSPS) is 13.9. The lowest BCUT2D eigenvalue weighted by molar-refractivity contribution is 0.0710. The minimum Gasteiger partial charge on any atom is -0.482 e. The molecule has 3 aromatic rings. The Labute approximate surface area is 172 Å². The standard InChI is InChI=1S/C22H20FN3O4/c23-17-6-4-16(5-7-17)14-29-20-15-30-19(13-18(20)27)22(28)26-11-9-25(10-12-26)21-3-1-2-8-24-21/h1-8,13,15H,9-12,14H2. The summed E-state index contributed by atoms with van der Waals surface area (Å²) < 4.78 is 23.8. The highest BCUT2D eigenvalue weighted by Gasteiger charge is 2.24. The SMILES string of the molecule is O=C(c1cc(=O)c(OCc2ccc(F)cc2)co1)N1CCN(c2ccccn2)CC1. The molecule has 30 heavy (non-hydrogen) atoms. The Morgan fingerprint density at radius 2 is 1.87 bits per heavy atom. The van der Waals surface area contributed by atoms with Crippen LogP contribution in [-0.4, -0.2) is 42.0 Å². The summed E-state index contributed by atoms with van der Waals surface area (Å²) in [6, 6.07) is 12.6. The summed E-state index contributed by atoms with van der Waals surface area (Å²) in [7, 11) is 0. The quantitative estimate of drug-likeness (QED) is 0.645. The van der Waals surface area contributed by atoms with Gasteiger partial charge < -0.3 is 19.0 Å². The maximum absolute atomic E-state index is 12.9. The number of piperazine rings is 1. The molecule has 154 valence electrons. The van der Waals surface area contributed by atoms with Crippen molar-refractivity contribution in [2.75, 3.05) is 31.1 Å². The summed E-state index contributed by atoms with van der Waals surface area (Å²) in [6.45, 7) is 2.38. The monoisotopic (exact) mass is 409 g/mol. The van der Waals surface area contributed by atoms with Crippen LogP contribution in [0.2, 0.25) is 0 Å². The van der Waals surface area contributed by atoms with Crippen LogP contribution in [-0.2, 0) is 6.61 Å². The maximum atomic E-state index is 12.9. The molecule has 4 rings (SSSR count). The molecule has 1 aromatic carbocycles. The highest BCUT2D eigenvalue weighted by Crippen LogP contribution is 2.15. The number of hydrogen-bond acceptors (Lipinski definition) is 6. The van der Waals surface area contributed by atoms with E-state index < -0.39 is 5.43 Å². The van der Waals surface area contributed by atoms with Crippen molar-refractivity contribution < 1.29 is 18.3 Å². The Hall–Kier alpha value is -3.68. The first kappa shape index (κ1) is 19.6. The van der Waals surface area contributed by atoms with Crippen molar-refractivity contribution in [2.24, 2.45) is 0 Å². The van der Waals surface area contributed by atoms with E-state index in [0.29, 0.717) is 31.7 Å². The van der Waals surface area contributed by atoms with Crippen molar-refractivity contribution in [3.8, 4) is 5.75 Å². The van der Waals surface area contributed by atoms with Gasteiger partial charge in [0.1, 0.15) is 24.5 Å². The van der Waals surface area contributed by atoms with Gasteiger partial charge in [-0.05, 0) is 29.8 Å². The number of amides is 1. The van der Waals surface area contributed by atoms with E-state index in [2.05, 4.69) is 9.88 Å². The number of carbonyl (C=O) groups excluding carboxylic acids is 1. The van der Waals surface area contributed by atoms with Crippen molar-refractivity contribution in [3.05, 3.63) is 88.4 Å². The predicted octanol–water partition coefficient (Wildman–Crippen LogP) is 2.72. The minimum absolute atomic E-state index is 0.00385. The van der Waals surface area contributed by atoms with Crippen LogP contribution in [0.5, 0.6) is 5.75 Å². The van der Waals surface area contributed by atoms with E-state index in [1.807, 2.05) is 18.2 Å². The van der Waals surface area contributed by atoms with Crippen LogP contribution in [0.3, 0.4) is 0 Å². The van der Waals surface area contributed by atoms with E-state index in [1.54, 1.807) is 23.2 Å². The average Bonchev–Trinajstić information content (AvgIpc) is 2.79. The van der Waals surface area contributed by atoms with Crippen LogP contribution in [0.4, 0.5) is 10.2 Å². The van der Waals surface area contributed by atoms with Gasteiger partial charge in [-0.2, -0.15) is 0 Å². The van der Waals surface area contributed by atoms with Gasteiger partial charge >= 0.3 is 0 Å². The summed E-state index contributed by atoms with van der Waals surface area (Å²) in [5, 5.41) is 0. The fourth-order valence-electron chi connectivity index (χ4n) is 3.19. The number of halogens is 1. The Bertz CT molecular complexity index is 1060. The number of anilines is 1. The molecule has 0 radical (unpaired) electrons. The van der Waals surface area contributed by atoms with Gasteiger partial charge in [0.15, 0.2) is 5.76 Å². The molecular weight excluding hydrogens is 389 g/mol. The summed E-state index contributed by atoms with van der Waals surface area (Å²) >= 11 is 0. The first-order valence-corrected chi connectivity index (χ1v) is 9.55. The molecule has 0 bridgehead atoms. The second-order valence-electron chi connectivity index (χ2n) is 6.86. The first-order chi connectivity index (χ1) is 14.6. The van der Waals surface area contributed by atoms with Crippen LogP contribution in [0.15, 0.2) is 70.2 Å². The van der Waals surface area contributed by atoms with Gasteiger partial charge in [0, 0.05) is 38.4 Å². The molecule has 1 saturated heterocycles. The molecule has 0 unspecified atom stereocenters. The van der Waals surface area contributed by atoms with E-state index >= 15 is 0 Å². The Morgan fingerprint density at radius 1 is 1.10 bits per heavy atom. The number of hydrogen-bond donors (Lipinski definition) is 0. The fourth-order valence-corrected chi connectivity index (χ4v) is 3.19. The van der Waals surface area contributed by atoms with Gasteiger partial charge in [0.05, 0.1) is 0 Å². The molecule has 1 amide bonds. The molecule has 3 heterocycles. The summed E-state index contributed by atoms with van der Waals surface area (Å²) in [4.78, 5) is 33.1. The van der Waals surface area contributed by atoms with Gasteiger partial charge in [-0.25, -0.2) is 9.37 Å². The van der Waals surface area contributed by atoms with Crippen molar-refractivity contribution >= 4 is 11.7 Å². The van der Waals surface area contributed by atoms with Gasteiger partial charge in [-0.15, -0.1) is 0 Å². The first-order valence-electron chi connectivity index (χ1n) is 9.55. The Kier molecular flexibility index (Phi) is 5.74. The lowest BCUT2D eigenvalue weighted by Gasteiger charge is -2.35. The van der Waals surface area contributed by atoms with Gasteiger partial charge in [-0.1, -0.05) is 18.2 Å². The molecule has 8 heteroatoms. The zero-order valence-corrected chi connectivity index (χ0v) is 16.2. The molecule has 2 aromatic heterocycles. The van der Waals surface area contributed by atoms with Crippen LogP contribution in [0.25, 0.3) is 0 Å². The third kappa shape index (κ3) is 4.48. The molecule has 1 aliphatic rings. The molecular formula is C22H20FN3O4. The Balaban J connectivity index is 1.36. The van der Waals surface area contributed by atoms with Crippen molar-refractivity contribution in [1.82, 2.24) is 9.88 Å².